The van der Waals surface area contributed by atoms with Crippen molar-refractivity contribution >= 4 is 54.0 Å². The Bertz CT molecular complexity index is 1300. The molecule has 0 fully saturated rings. The highest BCUT2D eigenvalue weighted by molar-refractivity contribution is 7.99. The number of para-hydroxylation sites is 1. The quantitative estimate of drug-likeness (QED) is 0.389. The average molecular weight is 421 g/mol. The molecule has 27 heavy (non-hydrogen) atoms. The lowest BCUT2D eigenvalue weighted by Gasteiger charge is -2.05. The van der Waals surface area contributed by atoms with Gasteiger partial charge in [0.05, 0.1) is 24.9 Å². The van der Waals surface area contributed by atoms with Crippen molar-refractivity contribution in [1.82, 2.24) is 19.3 Å². The van der Waals surface area contributed by atoms with Gasteiger partial charge in [-0.2, -0.15) is 0 Å². The van der Waals surface area contributed by atoms with Crippen LogP contribution >= 0.6 is 23.1 Å². The van der Waals surface area contributed by atoms with Gasteiger partial charge in [0.1, 0.15) is 0 Å². The minimum Gasteiger partial charge on any atom is -0.260 e. The maximum Gasteiger partial charge on any atom is 0.284 e. The van der Waals surface area contributed by atoms with Gasteiger partial charge >= 0.3 is 0 Å². The van der Waals surface area contributed by atoms with E-state index >= 15 is 0 Å². The van der Waals surface area contributed by atoms with Crippen LogP contribution in [0.1, 0.15) is 0 Å². The number of aromatic nitrogens is 3. The molecule has 2 aromatic heterocycles. The molecule has 1 N–H and O–H groups in total. The largest absolute Gasteiger partial charge is 0.284 e. The summed E-state index contributed by atoms with van der Waals surface area (Å²) in [5.41, 5.74) is 0.592. The van der Waals surface area contributed by atoms with Crippen molar-refractivity contribution in [3.8, 4) is 0 Å². The Labute approximate surface area is 161 Å². The first-order valence-corrected chi connectivity index (χ1v) is 10.6. The van der Waals surface area contributed by atoms with Gasteiger partial charge in [-0.3, -0.25) is 14.5 Å². The molecule has 4 aromatic rings. The molecular formula is C15H11N5O4S3. The fraction of sp³-hybridized carbons (Fsp3) is 0.0667. The second kappa shape index (κ2) is 6.56. The van der Waals surface area contributed by atoms with Gasteiger partial charge < -0.3 is 0 Å². The Morgan fingerprint density at radius 3 is 2.74 bits per heavy atom. The third-order valence-electron chi connectivity index (χ3n) is 3.82. The molecule has 4 rings (SSSR count). The fourth-order valence-corrected chi connectivity index (χ4v) is 5.23. The maximum atomic E-state index is 11.9. The molecule has 0 amide bonds. The van der Waals surface area contributed by atoms with Crippen LogP contribution in [0.3, 0.4) is 0 Å². The van der Waals surface area contributed by atoms with Gasteiger partial charge in [-0.1, -0.05) is 23.5 Å². The minimum absolute atomic E-state index is 0.173. The van der Waals surface area contributed by atoms with Gasteiger partial charge in [0.15, 0.2) is 0 Å². The highest BCUT2D eigenvalue weighted by atomic mass is 32.2. The maximum absolute atomic E-state index is 11.9. The van der Waals surface area contributed by atoms with Crippen molar-refractivity contribution in [2.75, 3.05) is 7.05 Å². The lowest BCUT2D eigenvalue weighted by molar-refractivity contribution is -0.388. The third-order valence-corrected chi connectivity index (χ3v) is 7.25. The standard InChI is InChI=1S/C15H11N5O4S3/c1-16-27(23,24)9-6-7-13(11(8-9)20(21)22)26-15-18-17-14-19(15)10-4-2-3-5-12(10)25-14/h2-8,16H,1H3. The number of benzene rings is 2. The zero-order valence-electron chi connectivity index (χ0n) is 13.7. The lowest BCUT2D eigenvalue weighted by atomic mass is 10.3. The number of nitrogens with zero attached hydrogens (tertiary/aromatic N) is 4. The number of nitro groups is 1. The summed E-state index contributed by atoms with van der Waals surface area (Å²) in [4.78, 5) is 11.7. The molecule has 0 aliphatic heterocycles. The van der Waals surface area contributed by atoms with Crippen molar-refractivity contribution in [2.45, 2.75) is 14.9 Å². The van der Waals surface area contributed by atoms with Crippen LogP contribution in [0.4, 0.5) is 5.69 Å². The lowest BCUT2D eigenvalue weighted by Crippen LogP contribution is -2.18. The second-order valence-electron chi connectivity index (χ2n) is 5.37. The molecule has 2 heterocycles. The Balaban J connectivity index is 1.83. The summed E-state index contributed by atoms with van der Waals surface area (Å²) in [6, 6.07) is 11.5. The SMILES string of the molecule is CNS(=O)(=O)c1ccc(Sc2nnc3sc4ccccc4n23)c([N+](=O)[O-])c1. The summed E-state index contributed by atoms with van der Waals surface area (Å²) >= 11 is 2.53. The van der Waals surface area contributed by atoms with E-state index in [1.54, 1.807) is 0 Å². The van der Waals surface area contributed by atoms with Crippen molar-refractivity contribution in [1.29, 1.82) is 0 Å². The zero-order chi connectivity index (χ0) is 19.2. The minimum atomic E-state index is -3.78. The summed E-state index contributed by atoms with van der Waals surface area (Å²) in [7, 11) is -2.53. The first kappa shape index (κ1) is 17.9. The molecule has 2 aromatic carbocycles. The summed E-state index contributed by atoms with van der Waals surface area (Å²) in [5.74, 6) is 0. The first-order valence-electron chi connectivity index (χ1n) is 7.53. The van der Waals surface area contributed by atoms with E-state index in [-0.39, 0.29) is 15.5 Å². The van der Waals surface area contributed by atoms with E-state index in [4.69, 9.17) is 0 Å². The molecule has 0 spiro atoms. The third kappa shape index (κ3) is 3.06. The van der Waals surface area contributed by atoms with Crippen LogP contribution in [0.5, 0.6) is 0 Å². The van der Waals surface area contributed by atoms with Gasteiger partial charge in [-0.15, -0.1) is 10.2 Å². The molecular weight excluding hydrogens is 410 g/mol. The smallest absolute Gasteiger partial charge is 0.260 e. The van der Waals surface area contributed by atoms with Crippen molar-refractivity contribution in [2.24, 2.45) is 0 Å². The van der Waals surface area contributed by atoms with Gasteiger partial charge in [-0.05, 0) is 43.1 Å². The molecule has 0 aliphatic carbocycles. The summed E-state index contributed by atoms with van der Waals surface area (Å²) in [6.45, 7) is 0. The van der Waals surface area contributed by atoms with Crippen LogP contribution < -0.4 is 4.72 Å². The normalized spacial score (nSPS) is 12.0. The molecule has 9 nitrogen and oxygen atoms in total. The van der Waals surface area contributed by atoms with E-state index in [9.17, 15) is 18.5 Å². The predicted molar refractivity (Wildman–Crippen MR) is 102 cm³/mol. The molecule has 12 heteroatoms. The van der Waals surface area contributed by atoms with Gasteiger partial charge in [0, 0.05) is 6.07 Å². The number of nitro benzene ring substituents is 1. The van der Waals surface area contributed by atoms with Crippen LogP contribution in [0.2, 0.25) is 0 Å². The van der Waals surface area contributed by atoms with E-state index in [0.717, 1.165) is 28.0 Å². The zero-order valence-corrected chi connectivity index (χ0v) is 16.1. The summed E-state index contributed by atoms with van der Waals surface area (Å²) in [6.07, 6.45) is 0. The molecule has 138 valence electrons. The number of fused-ring (bicyclic) bond motifs is 3. The highest BCUT2D eigenvalue weighted by Gasteiger charge is 2.23. The molecule has 0 unspecified atom stereocenters. The van der Waals surface area contributed by atoms with E-state index in [2.05, 4.69) is 14.9 Å². The number of rotatable bonds is 5. The van der Waals surface area contributed by atoms with Gasteiger partial charge in [-0.25, -0.2) is 13.1 Å². The van der Waals surface area contributed by atoms with Crippen LogP contribution in [0.15, 0.2) is 57.4 Å². The van der Waals surface area contributed by atoms with E-state index in [0.29, 0.717) is 10.1 Å². The molecule has 0 aliphatic rings. The first-order chi connectivity index (χ1) is 12.9. The van der Waals surface area contributed by atoms with Crippen molar-refractivity contribution in [3.63, 3.8) is 0 Å². The van der Waals surface area contributed by atoms with Gasteiger partial charge in [0.2, 0.25) is 20.1 Å². The van der Waals surface area contributed by atoms with E-state index in [1.807, 2.05) is 28.7 Å². The highest BCUT2D eigenvalue weighted by Crippen LogP contribution is 2.37. The number of sulfonamides is 1. The van der Waals surface area contributed by atoms with Crippen LogP contribution in [0.25, 0.3) is 15.2 Å². The molecule has 0 atom stereocenters. The van der Waals surface area contributed by atoms with Gasteiger partial charge in [0.25, 0.3) is 5.69 Å². The predicted octanol–water partition coefficient (Wildman–Crippen LogP) is 2.91. The van der Waals surface area contributed by atoms with Crippen molar-refractivity contribution < 1.29 is 13.3 Å². The molecule has 0 saturated carbocycles. The Kier molecular flexibility index (Phi) is 4.34. The number of thiazole rings is 1. The monoisotopic (exact) mass is 421 g/mol. The van der Waals surface area contributed by atoms with Crippen molar-refractivity contribution in [3.05, 3.63) is 52.6 Å². The summed E-state index contributed by atoms with van der Waals surface area (Å²) in [5, 5.41) is 20.2. The topological polar surface area (TPSA) is 120 Å². The second-order valence-corrected chi connectivity index (χ2v) is 9.27. The number of nitrogens with one attached hydrogen (secondary N) is 1. The molecule has 0 saturated heterocycles. The Hall–Kier alpha value is -2.54. The van der Waals surface area contributed by atoms with E-state index in [1.165, 1.54) is 30.5 Å². The Morgan fingerprint density at radius 2 is 2.00 bits per heavy atom. The Morgan fingerprint density at radius 1 is 1.22 bits per heavy atom. The van der Waals surface area contributed by atoms with Crippen LogP contribution in [-0.4, -0.2) is 35.0 Å². The number of hydrogen-bond acceptors (Lipinski definition) is 8. The molecule has 0 radical (unpaired) electrons. The van der Waals surface area contributed by atoms with Crippen LogP contribution in [-0.2, 0) is 10.0 Å². The molecule has 0 bridgehead atoms. The fourth-order valence-electron chi connectivity index (χ4n) is 2.53. The number of hydrogen-bond donors (Lipinski definition) is 1. The van der Waals surface area contributed by atoms with Crippen LogP contribution in [0, 0.1) is 10.1 Å². The average Bonchev–Trinajstić information content (AvgIpc) is 3.21. The summed E-state index contributed by atoms with van der Waals surface area (Å²) < 4.78 is 28.8. The van der Waals surface area contributed by atoms with E-state index < -0.39 is 14.9 Å².